The van der Waals surface area contributed by atoms with E-state index < -0.39 is 10.1 Å². The highest BCUT2D eigenvalue weighted by atomic mass is 32.2. The fourth-order valence-corrected chi connectivity index (χ4v) is 3.60. The normalized spacial score (nSPS) is 11.2. The summed E-state index contributed by atoms with van der Waals surface area (Å²) in [4.78, 5) is 0.147. The van der Waals surface area contributed by atoms with Crippen LogP contribution in [0.3, 0.4) is 0 Å². The molecule has 0 aliphatic rings. The van der Waals surface area contributed by atoms with Crippen LogP contribution in [0.25, 0.3) is 0 Å². The molecular weight excluding hydrogens is 358 g/mol. The highest BCUT2D eigenvalue weighted by Gasteiger charge is 2.16. The fraction of sp³-hybridized carbons (Fsp3) is 0.182. The first-order valence-corrected chi connectivity index (χ1v) is 10.2. The second-order valence-electron chi connectivity index (χ2n) is 6.67. The summed E-state index contributed by atoms with van der Waals surface area (Å²) >= 11 is 0. The molecule has 0 aromatic heterocycles. The summed E-state index contributed by atoms with van der Waals surface area (Å²) in [6, 6.07) is 19.9. The summed E-state index contributed by atoms with van der Waals surface area (Å²) in [5.41, 5.74) is 5.51. The number of hydrogen-bond acceptors (Lipinski definition) is 4. The predicted molar refractivity (Wildman–Crippen MR) is 109 cm³/mol. The standard InChI is InChI=1S/C22H23NO3S/c1-16-5-12-21(13-6-16)27(24,25)26-20-10-8-19(9-11-20)15-23-22-14-17(2)4-7-18(22)3/h4-14,23H,15H2,1-3H3. The van der Waals surface area contributed by atoms with E-state index in [0.29, 0.717) is 12.3 Å². The van der Waals surface area contributed by atoms with Crippen molar-refractivity contribution >= 4 is 15.8 Å². The van der Waals surface area contributed by atoms with Gasteiger partial charge in [-0.1, -0.05) is 42.0 Å². The Morgan fingerprint density at radius 3 is 2.11 bits per heavy atom. The van der Waals surface area contributed by atoms with E-state index >= 15 is 0 Å². The first kappa shape index (κ1) is 19.0. The number of benzene rings is 3. The van der Waals surface area contributed by atoms with E-state index in [1.807, 2.05) is 19.1 Å². The van der Waals surface area contributed by atoms with Gasteiger partial charge in [-0.2, -0.15) is 8.42 Å². The number of aryl methyl sites for hydroxylation is 3. The smallest absolute Gasteiger partial charge is 0.339 e. The Morgan fingerprint density at radius 1 is 0.815 bits per heavy atom. The van der Waals surface area contributed by atoms with Crippen LogP contribution in [0.2, 0.25) is 0 Å². The van der Waals surface area contributed by atoms with Crippen LogP contribution in [0.5, 0.6) is 5.75 Å². The van der Waals surface area contributed by atoms with Gasteiger partial charge < -0.3 is 9.50 Å². The van der Waals surface area contributed by atoms with Gasteiger partial charge in [0.15, 0.2) is 0 Å². The molecule has 3 aromatic rings. The van der Waals surface area contributed by atoms with Crippen molar-refractivity contribution in [2.24, 2.45) is 0 Å². The number of anilines is 1. The van der Waals surface area contributed by atoms with Gasteiger partial charge in [-0.3, -0.25) is 0 Å². The Balaban J connectivity index is 1.66. The molecular formula is C22H23NO3S. The van der Waals surface area contributed by atoms with Gasteiger partial charge in [-0.25, -0.2) is 0 Å². The van der Waals surface area contributed by atoms with E-state index in [1.54, 1.807) is 36.4 Å². The average Bonchev–Trinajstić information content (AvgIpc) is 2.64. The van der Waals surface area contributed by atoms with Gasteiger partial charge in [0.2, 0.25) is 0 Å². The number of hydrogen-bond donors (Lipinski definition) is 1. The summed E-state index contributed by atoms with van der Waals surface area (Å²) in [5, 5.41) is 3.41. The van der Waals surface area contributed by atoms with Gasteiger partial charge >= 0.3 is 10.1 Å². The molecule has 5 heteroatoms. The third-order valence-electron chi connectivity index (χ3n) is 4.31. The van der Waals surface area contributed by atoms with Crippen LogP contribution in [0.15, 0.2) is 71.6 Å². The van der Waals surface area contributed by atoms with E-state index in [0.717, 1.165) is 16.8 Å². The monoisotopic (exact) mass is 381 g/mol. The van der Waals surface area contributed by atoms with Crippen molar-refractivity contribution in [3.05, 3.63) is 89.0 Å². The third-order valence-corrected chi connectivity index (χ3v) is 5.58. The quantitative estimate of drug-likeness (QED) is 0.611. The summed E-state index contributed by atoms with van der Waals surface area (Å²) < 4.78 is 29.9. The van der Waals surface area contributed by atoms with Gasteiger partial charge in [-0.15, -0.1) is 0 Å². The highest BCUT2D eigenvalue weighted by molar-refractivity contribution is 7.87. The van der Waals surface area contributed by atoms with Crippen LogP contribution >= 0.6 is 0 Å². The minimum Gasteiger partial charge on any atom is -0.381 e. The van der Waals surface area contributed by atoms with Gasteiger partial charge in [-0.05, 0) is 67.8 Å². The van der Waals surface area contributed by atoms with E-state index in [1.165, 1.54) is 11.1 Å². The zero-order valence-electron chi connectivity index (χ0n) is 15.7. The molecule has 0 saturated carbocycles. The maximum atomic E-state index is 12.3. The van der Waals surface area contributed by atoms with E-state index in [4.69, 9.17) is 4.18 Å². The molecule has 0 fully saturated rings. The first-order valence-electron chi connectivity index (χ1n) is 8.75. The lowest BCUT2D eigenvalue weighted by molar-refractivity contribution is 0.486. The molecule has 3 rings (SSSR count). The number of rotatable bonds is 6. The van der Waals surface area contributed by atoms with Crippen LogP contribution in [0, 0.1) is 20.8 Å². The Morgan fingerprint density at radius 2 is 1.44 bits per heavy atom. The molecule has 0 unspecified atom stereocenters. The lowest BCUT2D eigenvalue weighted by Gasteiger charge is -2.11. The molecule has 0 amide bonds. The summed E-state index contributed by atoms with van der Waals surface area (Å²) in [6.07, 6.45) is 0. The Hall–Kier alpha value is -2.79. The molecule has 1 N–H and O–H groups in total. The van der Waals surface area contributed by atoms with Crippen LogP contribution in [0.1, 0.15) is 22.3 Å². The molecule has 0 atom stereocenters. The minimum absolute atomic E-state index is 0.147. The number of nitrogens with one attached hydrogen (secondary N) is 1. The zero-order valence-corrected chi connectivity index (χ0v) is 16.5. The van der Waals surface area contributed by atoms with Gasteiger partial charge in [0, 0.05) is 12.2 Å². The predicted octanol–water partition coefficient (Wildman–Crippen LogP) is 4.99. The average molecular weight is 381 g/mol. The van der Waals surface area contributed by atoms with Crippen LogP contribution in [-0.2, 0) is 16.7 Å². The third kappa shape index (κ3) is 4.89. The Bertz CT molecular complexity index is 1020. The molecule has 0 spiro atoms. The Labute approximate surface area is 161 Å². The van der Waals surface area contributed by atoms with Gasteiger partial charge in [0.1, 0.15) is 10.6 Å². The van der Waals surface area contributed by atoms with E-state index in [-0.39, 0.29) is 4.90 Å². The van der Waals surface area contributed by atoms with Crippen molar-refractivity contribution in [3.8, 4) is 5.75 Å². The second kappa shape index (κ2) is 7.84. The topological polar surface area (TPSA) is 55.4 Å². The minimum atomic E-state index is -3.82. The largest absolute Gasteiger partial charge is 0.381 e. The van der Waals surface area contributed by atoms with Crippen molar-refractivity contribution in [1.29, 1.82) is 0 Å². The molecule has 0 bridgehead atoms. The van der Waals surface area contributed by atoms with Crippen molar-refractivity contribution in [2.75, 3.05) is 5.32 Å². The maximum Gasteiger partial charge on any atom is 0.339 e. The molecule has 0 radical (unpaired) electrons. The summed E-state index contributed by atoms with van der Waals surface area (Å²) in [5.74, 6) is 0.297. The van der Waals surface area contributed by atoms with Gasteiger partial charge in [0.25, 0.3) is 0 Å². The first-order chi connectivity index (χ1) is 12.8. The van der Waals surface area contributed by atoms with E-state index in [9.17, 15) is 8.42 Å². The molecule has 4 nitrogen and oxygen atoms in total. The van der Waals surface area contributed by atoms with Crippen LogP contribution < -0.4 is 9.50 Å². The molecule has 0 saturated heterocycles. The Kier molecular flexibility index (Phi) is 5.51. The van der Waals surface area contributed by atoms with Crippen LogP contribution in [0.4, 0.5) is 5.69 Å². The SMILES string of the molecule is Cc1ccc(S(=O)(=O)Oc2ccc(CNc3cc(C)ccc3C)cc2)cc1. The molecule has 3 aromatic carbocycles. The summed E-state index contributed by atoms with van der Waals surface area (Å²) in [6.45, 7) is 6.68. The lowest BCUT2D eigenvalue weighted by atomic mass is 10.1. The molecule has 27 heavy (non-hydrogen) atoms. The van der Waals surface area contributed by atoms with Crippen molar-refractivity contribution in [1.82, 2.24) is 0 Å². The molecule has 0 heterocycles. The summed E-state index contributed by atoms with van der Waals surface area (Å²) in [7, 11) is -3.82. The van der Waals surface area contributed by atoms with Crippen molar-refractivity contribution in [2.45, 2.75) is 32.2 Å². The molecule has 0 aliphatic carbocycles. The van der Waals surface area contributed by atoms with E-state index in [2.05, 4.69) is 37.4 Å². The second-order valence-corrected chi connectivity index (χ2v) is 8.21. The van der Waals surface area contributed by atoms with Crippen LogP contribution in [-0.4, -0.2) is 8.42 Å². The highest BCUT2D eigenvalue weighted by Crippen LogP contribution is 2.21. The zero-order chi connectivity index (χ0) is 19.4. The lowest BCUT2D eigenvalue weighted by Crippen LogP contribution is -2.09. The van der Waals surface area contributed by atoms with Gasteiger partial charge in [0.05, 0.1) is 0 Å². The van der Waals surface area contributed by atoms with Crippen molar-refractivity contribution < 1.29 is 12.6 Å². The van der Waals surface area contributed by atoms with Crippen molar-refractivity contribution in [3.63, 3.8) is 0 Å². The fourth-order valence-electron chi connectivity index (χ4n) is 2.67. The molecule has 0 aliphatic heterocycles. The molecule has 140 valence electrons. The maximum absolute atomic E-state index is 12.3.